The lowest BCUT2D eigenvalue weighted by molar-refractivity contribution is -0.111. The Bertz CT molecular complexity index is 1260. The normalized spacial score (nSPS) is 13.5. The van der Waals surface area contributed by atoms with Crippen molar-refractivity contribution < 1.29 is 9.53 Å². The minimum absolute atomic E-state index is 0.212. The molecule has 1 aliphatic rings. The van der Waals surface area contributed by atoms with Gasteiger partial charge in [-0.1, -0.05) is 42.5 Å². The number of rotatable bonds is 5. The maximum absolute atomic E-state index is 11.8. The van der Waals surface area contributed by atoms with Crippen LogP contribution < -0.4 is 4.74 Å². The number of hydrogen-bond acceptors (Lipinski definition) is 2. The first-order valence-electron chi connectivity index (χ1n) is 10.5. The van der Waals surface area contributed by atoms with Crippen molar-refractivity contribution in [3.63, 3.8) is 0 Å². The van der Waals surface area contributed by atoms with E-state index in [2.05, 4.69) is 41.0 Å². The lowest BCUT2D eigenvalue weighted by Crippen LogP contribution is -2.06. The highest BCUT2D eigenvalue weighted by molar-refractivity contribution is 6.63. The predicted octanol–water partition coefficient (Wildman–Crippen LogP) is 6.04. The van der Waals surface area contributed by atoms with Gasteiger partial charge in [-0.3, -0.25) is 4.79 Å². The van der Waals surface area contributed by atoms with Crippen molar-refractivity contribution in [2.24, 2.45) is 0 Å². The lowest BCUT2D eigenvalue weighted by Gasteiger charge is -2.20. The Morgan fingerprint density at radius 1 is 1.00 bits per heavy atom. The molecular formula is C26H24ClNO2. The van der Waals surface area contributed by atoms with Crippen LogP contribution in [0.25, 0.3) is 21.8 Å². The number of aryl methyl sites for hydroxylation is 1. The molecule has 152 valence electrons. The number of carbonyl (C=O) groups excluding carboxylic acids is 1. The van der Waals surface area contributed by atoms with E-state index in [4.69, 9.17) is 16.3 Å². The number of ether oxygens (including phenoxy) is 1. The van der Waals surface area contributed by atoms with E-state index in [1.54, 1.807) is 7.11 Å². The molecule has 0 aliphatic heterocycles. The Morgan fingerprint density at radius 3 is 2.57 bits per heavy atom. The zero-order valence-electron chi connectivity index (χ0n) is 17.1. The largest absolute Gasteiger partial charge is 0.496 e. The maximum Gasteiger partial charge on any atom is 0.226 e. The first-order chi connectivity index (χ1) is 14.7. The highest BCUT2D eigenvalue weighted by Gasteiger charge is 2.24. The summed E-state index contributed by atoms with van der Waals surface area (Å²) in [5, 5.41) is 1.85. The zero-order valence-corrected chi connectivity index (χ0v) is 17.8. The van der Waals surface area contributed by atoms with Crippen LogP contribution in [0, 0.1) is 0 Å². The van der Waals surface area contributed by atoms with Gasteiger partial charge in [-0.25, -0.2) is 0 Å². The molecule has 4 aromatic rings. The Hall–Kier alpha value is -2.78. The number of fused-ring (bicyclic) bond motifs is 4. The van der Waals surface area contributed by atoms with E-state index >= 15 is 0 Å². The van der Waals surface area contributed by atoms with Crippen molar-refractivity contribution in [3.05, 3.63) is 76.9 Å². The summed E-state index contributed by atoms with van der Waals surface area (Å²) in [5.74, 6) is 0.966. The van der Waals surface area contributed by atoms with Gasteiger partial charge in [0.2, 0.25) is 5.24 Å². The number of methoxy groups -OCH3 is 1. The molecule has 1 heterocycles. The molecule has 0 N–H and O–H groups in total. The van der Waals surface area contributed by atoms with Crippen molar-refractivity contribution in [3.8, 4) is 5.75 Å². The highest BCUT2D eigenvalue weighted by Crippen LogP contribution is 2.43. The van der Waals surface area contributed by atoms with Crippen LogP contribution in [-0.4, -0.2) is 16.9 Å². The third-order valence-corrected chi connectivity index (χ3v) is 6.39. The Morgan fingerprint density at radius 2 is 1.80 bits per heavy atom. The van der Waals surface area contributed by atoms with Crippen molar-refractivity contribution in [2.75, 3.05) is 7.11 Å². The molecule has 1 aliphatic carbocycles. The number of carbonyl (C=O) groups is 1. The van der Waals surface area contributed by atoms with Gasteiger partial charge in [0.05, 0.1) is 18.0 Å². The van der Waals surface area contributed by atoms with Crippen LogP contribution in [0.15, 0.2) is 54.6 Å². The molecule has 0 atom stereocenters. The van der Waals surface area contributed by atoms with Crippen molar-refractivity contribution in [1.29, 1.82) is 0 Å². The van der Waals surface area contributed by atoms with E-state index in [1.165, 1.54) is 35.0 Å². The first kappa shape index (κ1) is 19.2. The van der Waals surface area contributed by atoms with E-state index in [1.807, 2.05) is 18.2 Å². The van der Waals surface area contributed by atoms with Crippen LogP contribution in [0.2, 0.25) is 0 Å². The van der Waals surface area contributed by atoms with E-state index in [9.17, 15) is 4.79 Å². The average molecular weight is 418 g/mol. The van der Waals surface area contributed by atoms with Crippen LogP contribution in [0.3, 0.4) is 0 Å². The predicted molar refractivity (Wildman–Crippen MR) is 123 cm³/mol. The van der Waals surface area contributed by atoms with Gasteiger partial charge in [-0.2, -0.15) is 0 Å². The van der Waals surface area contributed by atoms with Gasteiger partial charge in [0.1, 0.15) is 5.75 Å². The van der Waals surface area contributed by atoms with E-state index in [-0.39, 0.29) is 11.7 Å². The fraction of sp³-hybridized carbons (Fsp3) is 0.269. The average Bonchev–Trinajstić information content (AvgIpc) is 3.06. The van der Waals surface area contributed by atoms with E-state index in [0.717, 1.165) is 47.0 Å². The molecule has 3 nitrogen and oxygen atoms in total. The fourth-order valence-electron chi connectivity index (χ4n) is 4.99. The number of aromatic nitrogens is 1. The zero-order chi connectivity index (χ0) is 20.7. The van der Waals surface area contributed by atoms with Crippen LogP contribution >= 0.6 is 11.6 Å². The summed E-state index contributed by atoms with van der Waals surface area (Å²) >= 11 is 5.81. The second-order valence-electron chi connectivity index (χ2n) is 8.06. The molecule has 1 aromatic heterocycles. The molecule has 0 amide bonds. The standard InChI is InChI=1S/C26H24ClNO2/c1-30-26-20-12-6-5-10-18(20)14-22-25(26)24-19(15-23(27)29)11-7-13-21(24)28(22)16-17-8-3-2-4-9-17/h2-4,7-9,11,13-14H,5-6,10,12,15-16H2,1H3. The van der Waals surface area contributed by atoms with E-state index in [0.29, 0.717) is 0 Å². The Balaban J connectivity index is 1.88. The number of benzene rings is 3. The highest BCUT2D eigenvalue weighted by atomic mass is 35.5. The molecule has 5 rings (SSSR count). The summed E-state index contributed by atoms with van der Waals surface area (Å²) < 4.78 is 8.39. The summed E-state index contributed by atoms with van der Waals surface area (Å²) in [6, 6.07) is 19.0. The summed E-state index contributed by atoms with van der Waals surface area (Å²) in [7, 11) is 1.76. The van der Waals surface area contributed by atoms with Gasteiger partial charge in [0.15, 0.2) is 0 Å². The smallest absolute Gasteiger partial charge is 0.226 e. The second kappa shape index (κ2) is 7.81. The van der Waals surface area contributed by atoms with Gasteiger partial charge in [0, 0.05) is 23.9 Å². The summed E-state index contributed by atoms with van der Waals surface area (Å²) in [6.45, 7) is 0.765. The number of hydrogen-bond donors (Lipinski definition) is 0. The summed E-state index contributed by atoms with van der Waals surface area (Å²) in [5.41, 5.74) is 7.19. The van der Waals surface area contributed by atoms with Crippen LogP contribution in [0.1, 0.15) is 35.1 Å². The lowest BCUT2D eigenvalue weighted by atomic mass is 9.88. The molecule has 0 bridgehead atoms. The van der Waals surface area contributed by atoms with Gasteiger partial charge < -0.3 is 9.30 Å². The maximum atomic E-state index is 11.8. The van der Waals surface area contributed by atoms with Gasteiger partial charge in [0.25, 0.3) is 0 Å². The molecule has 0 saturated carbocycles. The third-order valence-electron chi connectivity index (χ3n) is 6.26. The molecule has 30 heavy (non-hydrogen) atoms. The molecule has 0 spiro atoms. The van der Waals surface area contributed by atoms with Crippen molar-refractivity contribution in [2.45, 2.75) is 38.6 Å². The summed E-state index contributed by atoms with van der Waals surface area (Å²) in [4.78, 5) is 11.8. The summed E-state index contributed by atoms with van der Waals surface area (Å²) in [6.07, 6.45) is 4.73. The number of nitrogens with zero attached hydrogens (tertiary/aromatic N) is 1. The molecular weight excluding hydrogens is 394 g/mol. The molecule has 0 unspecified atom stereocenters. The molecule has 4 heteroatoms. The van der Waals surface area contributed by atoms with Gasteiger partial charge >= 0.3 is 0 Å². The first-order valence-corrected chi connectivity index (χ1v) is 10.9. The minimum atomic E-state index is -0.344. The molecule has 0 radical (unpaired) electrons. The quantitative estimate of drug-likeness (QED) is 0.371. The fourth-order valence-corrected chi connectivity index (χ4v) is 5.14. The minimum Gasteiger partial charge on any atom is -0.496 e. The Labute approximate surface area is 181 Å². The van der Waals surface area contributed by atoms with Crippen LogP contribution in [-0.2, 0) is 30.6 Å². The molecule has 0 saturated heterocycles. The topological polar surface area (TPSA) is 31.2 Å². The van der Waals surface area contributed by atoms with E-state index < -0.39 is 0 Å². The third kappa shape index (κ3) is 3.18. The van der Waals surface area contributed by atoms with Gasteiger partial charge in [-0.05, 0) is 71.7 Å². The Kier molecular flexibility index (Phi) is 5.00. The van der Waals surface area contributed by atoms with Crippen LogP contribution in [0.4, 0.5) is 0 Å². The van der Waals surface area contributed by atoms with Crippen molar-refractivity contribution >= 4 is 38.6 Å². The van der Waals surface area contributed by atoms with Gasteiger partial charge in [-0.15, -0.1) is 0 Å². The number of halogens is 1. The van der Waals surface area contributed by atoms with Crippen LogP contribution in [0.5, 0.6) is 5.75 Å². The second-order valence-corrected chi connectivity index (χ2v) is 8.49. The SMILES string of the molecule is COc1c2c(cc3c1c1c(CC(=O)Cl)cccc1n3Cc1ccccc1)CCCC2. The monoisotopic (exact) mass is 417 g/mol. The molecule has 0 fully saturated rings. The van der Waals surface area contributed by atoms with Crippen molar-refractivity contribution in [1.82, 2.24) is 4.57 Å². The molecule has 3 aromatic carbocycles.